The van der Waals surface area contributed by atoms with E-state index in [1.807, 2.05) is 0 Å². The Morgan fingerprint density at radius 1 is 0.320 bits per heavy atom. The van der Waals surface area contributed by atoms with E-state index < -0.39 is 0 Å². The second-order valence-electron chi connectivity index (χ2n) is 7.45. The van der Waals surface area contributed by atoms with Crippen LogP contribution in [0, 0.1) is 0 Å². The quantitative estimate of drug-likeness (QED) is 0.192. The van der Waals surface area contributed by atoms with Gasteiger partial charge in [-0.15, -0.1) is 23.8 Å². The van der Waals surface area contributed by atoms with Crippen LogP contribution >= 0.6 is 31.7 Å². The molecular weight excluding hydrogens is 376 g/mol. The molecule has 0 saturated heterocycles. The van der Waals surface area contributed by atoms with Gasteiger partial charge in [0, 0.05) is 0 Å². The molecule has 0 atom stereocenters. The fraction of sp³-hybridized carbons (Fsp3) is 1.00. The molecule has 0 aromatic rings. The third kappa shape index (κ3) is 14.4. The second kappa shape index (κ2) is 19.1. The van der Waals surface area contributed by atoms with Gasteiger partial charge in [0.1, 0.15) is 0 Å². The van der Waals surface area contributed by atoms with Crippen LogP contribution in [-0.4, -0.2) is 54.7 Å². The largest absolute Gasteiger partial charge is 0.102 e. The molecule has 0 heterocycles. The predicted molar refractivity (Wildman–Crippen MR) is 133 cm³/mol. The van der Waals surface area contributed by atoms with Crippen molar-refractivity contribution in [1.82, 2.24) is 0 Å². The average molecular weight is 425 g/mol. The van der Waals surface area contributed by atoms with E-state index in [2.05, 4.69) is 41.5 Å². The molecule has 0 aliphatic heterocycles. The maximum Gasteiger partial charge on any atom is -0.0114 e. The minimum absolute atomic E-state index is 0.338. The Balaban J connectivity index is 4.96. The molecule has 0 N–H and O–H groups in total. The summed E-state index contributed by atoms with van der Waals surface area (Å²) >= 11 is 0. The summed E-state index contributed by atoms with van der Waals surface area (Å²) in [4.78, 5) is 0. The molecule has 0 amide bonds. The molecule has 0 bridgehead atoms. The molecule has 0 rings (SSSR count). The van der Waals surface area contributed by atoms with Crippen LogP contribution in [0.4, 0.5) is 0 Å². The summed E-state index contributed by atoms with van der Waals surface area (Å²) in [6.07, 6.45) is 17.9. The van der Waals surface area contributed by atoms with Crippen molar-refractivity contribution in [3.63, 3.8) is 0 Å². The summed E-state index contributed by atoms with van der Waals surface area (Å²) < 4.78 is 0. The maximum atomic E-state index is 2.41. The van der Waals surface area contributed by atoms with Crippen LogP contribution in [0.15, 0.2) is 0 Å². The molecular formula is C21H48P4. The molecule has 152 valence electrons. The highest BCUT2D eigenvalue weighted by atomic mass is 31.2. The molecule has 4 heteroatoms. The SMILES string of the molecule is CCCP(CCC)CP(CP(CCC)CCC)CP(CCC)CCC. The van der Waals surface area contributed by atoms with Gasteiger partial charge in [-0.1, -0.05) is 88.0 Å². The lowest BCUT2D eigenvalue weighted by Gasteiger charge is -2.31. The van der Waals surface area contributed by atoms with Crippen LogP contribution in [-0.2, 0) is 0 Å². The summed E-state index contributed by atoms with van der Waals surface area (Å²) in [6.45, 7) is 14.5. The highest BCUT2D eigenvalue weighted by Crippen LogP contribution is 2.63. The van der Waals surface area contributed by atoms with E-state index in [0.29, 0.717) is 31.7 Å². The van der Waals surface area contributed by atoms with Gasteiger partial charge < -0.3 is 0 Å². The van der Waals surface area contributed by atoms with Crippen LogP contribution in [0.3, 0.4) is 0 Å². The van der Waals surface area contributed by atoms with Crippen molar-refractivity contribution in [3.05, 3.63) is 0 Å². The summed E-state index contributed by atoms with van der Waals surface area (Å²) in [7, 11) is 1.39. The zero-order valence-electron chi connectivity index (χ0n) is 18.4. The summed E-state index contributed by atoms with van der Waals surface area (Å²) in [5, 5.41) is 0. The molecule has 0 fully saturated rings. The lowest BCUT2D eigenvalue weighted by molar-refractivity contribution is 1.05. The Labute approximate surface area is 166 Å². The van der Waals surface area contributed by atoms with E-state index in [4.69, 9.17) is 0 Å². The van der Waals surface area contributed by atoms with Gasteiger partial charge in [0.15, 0.2) is 0 Å². The fourth-order valence-electron chi connectivity index (χ4n) is 3.64. The predicted octanol–water partition coefficient (Wildman–Crippen LogP) is 9.25. The minimum Gasteiger partial charge on any atom is -0.102 e. The van der Waals surface area contributed by atoms with Crippen LogP contribution in [0.2, 0.25) is 0 Å². The topological polar surface area (TPSA) is 0 Å². The zero-order valence-corrected chi connectivity index (χ0v) is 22.0. The number of hydrogen-bond acceptors (Lipinski definition) is 0. The van der Waals surface area contributed by atoms with Crippen LogP contribution < -0.4 is 0 Å². The molecule has 0 aromatic heterocycles. The van der Waals surface area contributed by atoms with Crippen molar-refractivity contribution >= 4 is 31.7 Å². The Morgan fingerprint density at radius 3 is 0.680 bits per heavy atom. The standard InChI is InChI=1S/C21H48P4/c1-7-13-22(14-8-2)19-25(20-23(15-9-3)16-10-4)21-24(17-11-5)18-12-6/h7-21H2,1-6H3. The fourth-order valence-corrected chi connectivity index (χ4v) is 21.8. The summed E-state index contributed by atoms with van der Waals surface area (Å²) in [5.41, 5.74) is 0. The normalized spacial score (nSPS) is 12.2. The smallest absolute Gasteiger partial charge is 0.0114 e. The van der Waals surface area contributed by atoms with Crippen molar-refractivity contribution in [2.45, 2.75) is 80.1 Å². The Morgan fingerprint density at radius 2 is 0.520 bits per heavy atom. The molecule has 0 unspecified atom stereocenters. The molecule has 0 radical (unpaired) electrons. The molecule has 0 spiro atoms. The van der Waals surface area contributed by atoms with Gasteiger partial charge in [-0.3, -0.25) is 0 Å². The molecule has 0 aromatic carbocycles. The van der Waals surface area contributed by atoms with E-state index in [1.165, 1.54) is 38.5 Å². The van der Waals surface area contributed by atoms with Gasteiger partial charge in [-0.05, 0) is 54.7 Å². The van der Waals surface area contributed by atoms with Gasteiger partial charge in [0.2, 0.25) is 0 Å². The highest BCUT2D eigenvalue weighted by molar-refractivity contribution is 7.86. The number of rotatable bonds is 18. The lowest BCUT2D eigenvalue weighted by Crippen LogP contribution is -2.03. The average Bonchev–Trinajstić information content (AvgIpc) is 2.56. The van der Waals surface area contributed by atoms with Crippen molar-refractivity contribution in [2.75, 3.05) is 54.7 Å². The highest BCUT2D eigenvalue weighted by Gasteiger charge is 2.21. The van der Waals surface area contributed by atoms with Gasteiger partial charge in [0.25, 0.3) is 0 Å². The van der Waals surface area contributed by atoms with Gasteiger partial charge >= 0.3 is 0 Å². The van der Waals surface area contributed by atoms with Gasteiger partial charge in [0.05, 0.1) is 0 Å². The molecule has 0 saturated carbocycles. The van der Waals surface area contributed by atoms with Crippen molar-refractivity contribution in [3.8, 4) is 0 Å². The number of hydrogen-bond donors (Lipinski definition) is 0. The molecule has 25 heavy (non-hydrogen) atoms. The first-order valence-corrected chi connectivity index (χ1v) is 18.6. The van der Waals surface area contributed by atoms with Crippen molar-refractivity contribution < 1.29 is 0 Å². The zero-order chi connectivity index (χ0) is 18.9. The Hall–Kier alpha value is 1.72. The van der Waals surface area contributed by atoms with E-state index >= 15 is 0 Å². The van der Waals surface area contributed by atoms with Crippen LogP contribution in [0.5, 0.6) is 0 Å². The summed E-state index contributed by atoms with van der Waals surface area (Å²) in [5.74, 6) is 5.06. The first-order chi connectivity index (χ1) is 12.1. The van der Waals surface area contributed by atoms with Crippen LogP contribution in [0.25, 0.3) is 0 Å². The van der Waals surface area contributed by atoms with Crippen LogP contribution in [0.1, 0.15) is 80.1 Å². The van der Waals surface area contributed by atoms with Crippen molar-refractivity contribution in [2.24, 2.45) is 0 Å². The van der Waals surface area contributed by atoms with Gasteiger partial charge in [-0.2, -0.15) is 0 Å². The van der Waals surface area contributed by atoms with Gasteiger partial charge in [-0.25, -0.2) is 0 Å². The van der Waals surface area contributed by atoms with E-state index in [1.54, 1.807) is 54.7 Å². The maximum absolute atomic E-state index is 2.41. The molecule has 0 nitrogen and oxygen atoms in total. The van der Waals surface area contributed by atoms with E-state index in [-0.39, 0.29) is 0 Å². The van der Waals surface area contributed by atoms with Crippen molar-refractivity contribution in [1.29, 1.82) is 0 Å². The first kappa shape index (κ1) is 26.7. The van der Waals surface area contributed by atoms with E-state index in [0.717, 1.165) is 0 Å². The third-order valence-electron chi connectivity index (χ3n) is 4.44. The monoisotopic (exact) mass is 424 g/mol. The Bertz CT molecular complexity index is 212. The van der Waals surface area contributed by atoms with E-state index in [9.17, 15) is 0 Å². The summed E-state index contributed by atoms with van der Waals surface area (Å²) in [6, 6.07) is 0. The lowest BCUT2D eigenvalue weighted by atomic mass is 10.6. The minimum atomic E-state index is 0.338. The molecule has 0 aliphatic carbocycles. The molecule has 0 aliphatic rings. The second-order valence-corrected chi connectivity index (χ2v) is 18.9. The third-order valence-corrected chi connectivity index (χ3v) is 20.5. The first-order valence-electron chi connectivity index (χ1n) is 11.0. The Kier molecular flexibility index (Phi) is 20.4.